The molecule has 4 rings (SSSR count). The summed E-state index contributed by atoms with van der Waals surface area (Å²) in [6.45, 7) is 0.892. The number of para-hydroxylation sites is 1. The van der Waals surface area contributed by atoms with Crippen molar-refractivity contribution in [1.82, 2.24) is 9.80 Å². The molecule has 1 spiro atoms. The minimum Gasteiger partial charge on any atom is -0.435 e. The molecular weight excluding hydrogens is 424 g/mol. The number of likely N-dealkylation sites (N-methyl/N-ethyl adjacent to an activating group) is 1. The van der Waals surface area contributed by atoms with Gasteiger partial charge in [-0.15, -0.1) is 0 Å². The largest absolute Gasteiger partial charge is 0.435 e. The van der Waals surface area contributed by atoms with Crippen molar-refractivity contribution < 1.29 is 23.9 Å². The number of carbonyl (C=O) groups excluding carboxylic acids is 4. The van der Waals surface area contributed by atoms with Crippen LogP contribution in [0.2, 0.25) is 0 Å². The van der Waals surface area contributed by atoms with Gasteiger partial charge in [-0.3, -0.25) is 14.4 Å². The van der Waals surface area contributed by atoms with Crippen LogP contribution in [0.4, 0.5) is 10.5 Å². The molecular formula is C24H32N4O5. The van der Waals surface area contributed by atoms with E-state index in [0.717, 1.165) is 12.8 Å². The third-order valence-corrected chi connectivity index (χ3v) is 7.61. The third-order valence-electron chi connectivity index (χ3n) is 7.61. The summed E-state index contributed by atoms with van der Waals surface area (Å²) < 4.78 is 5.16. The highest BCUT2D eigenvalue weighted by Gasteiger charge is 2.62. The summed E-state index contributed by atoms with van der Waals surface area (Å²) in [4.78, 5) is 54.2. The Hall–Kier alpha value is -3.10. The molecule has 3 N–H and O–H groups in total. The predicted molar refractivity (Wildman–Crippen MR) is 121 cm³/mol. The second-order valence-corrected chi connectivity index (χ2v) is 9.43. The number of anilines is 1. The number of rotatable bonds is 5. The monoisotopic (exact) mass is 456 g/mol. The molecule has 33 heavy (non-hydrogen) atoms. The number of nitrogens with two attached hydrogens (primary N) is 1. The number of hydrogen-bond donors (Lipinski definition) is 2. The van der Waals surface area contributed by atoms with Crippen LogP contribution < -0.4 is 11.1 Å². The van der Waals surface area contributed by atoms with Crippen LogP contribution in [0.15, 0.2) is 30.3 Å². The Labute approximate surface area is 193 Å². The number of carbonyl (C=O) groups is 4. The second kappa shape index (κ2) is 9.41. The van der Waals surface area contributed by atoms with Crippen LogP contribution in [0, 0.1) is 11.8 Å². The summed E-state index contributed by atoms with van der Waals surface area (Å²) >= 11 is 0. The lowest BCUT2D eigenvalue weighted by molar-refractivity contribution is -0.138. The fourth-order valence-electron chi connectivity index (χ4n) is 5.79. The lowest BCUT2D eigenvalue weighted by Gasteiger charge is -2.46. The summed E-state index contributed by atoms with van der Waals surface area (Å²) in [6.07, 6.45) is 3.61. The Morgan fingerprint density at radius 2 is 1.76 bits per heavy atom. The SMILES string of the molecule is CN1C(=O)[C@H](OC(N)=O)[C@@H](C(=O)Nc2ccccc2)C12CCN(C(=O)CC1CCCC1)CC2. The Morgan fingerprint density at radius 3 is 2.36 bits per heavy atom. The average Bonchev–Trinajstić information content (AvgIpc) is 3.37. The van der Waals surface area contributed by atoms with Crippen molar-refractivity contribution >= 4 is 29.5 Å². The van der Waals surface area contributed by atoms with Crippen LogP contribution in [0.25, 0.3) is 0 Å². The maximum atomic E-state index is 13.4. The van der Waals surface area contributed by atoms with Crippen molar-refractivity contribution in [2.75, 3.05) is 25.5 Å². The van der Waals surface area contributed by atoms with Gasteiger partial charge in [0.05, 0.1) is 5.54 Å². The van der Waals surface area contributed by atoms with Crippen LogP contribution >= 0.6 is 0 Å². The molecule has 9 nitrogen and oxygen atoms in total. The molecule has 1 aliphatic carbocycles. The van der Waals surface area contributed by atoms with Gasteiger partial charge < -0.3 is 25.6 Å². The minimum absolute atomic E-state index is 0.138. The number of benzene rings is 1. The zero-order valence-corrected chi connectivity index (χ0v) is 19.0. The number of nitrogens with zero attached hydrogens (tertiary/aromatic N) is 2. The van der Waals surface area contributed by atoms with Crippen LogP contribution in [0.1, 0.15) is 44.9 Å². The molecule has 0 bridgehead atoms. The molecule has 0 unspecified atom stereocenters. The molecule has 2 saturated heterocycles. The maximum Gasteiger partial charge on any atom is 0.405 e. The van der Waals surface area contributed by atoms with E-state index >= 15 is 0 Å². The van der Waals surface area contributed by atoms with Crippen molar-refractivity contribution in [3.63, 3.8) is 0 Å². The van der Waals surface area contributed by atoms with Crippen LogP contribution in [0.5, 0.6) is 0 Å². The van der Waals surface area contributed by atoms with E-state index < -0.39 is 35.5 Å². The highest BCUT2D eigenvalue weighted by molar-refractivity contribution is 6.01. The van der Waals surface area contributed by atoms with Gasteiger partial charge in [0.2, 0.25) is 11.8 Å². The first-order valence-electron chi connectivity index (χ1n) is 11.7. The third kappa shape index (κ3) is 4.54. The van der Waals surface area contributed by atoms with E-state index in [0.29, 0.717) is 44.0 Å². The van der Waals surface area contributed by atoms with Gasteiger partial charge in [-0.25, -0.2) is 4.79 Å². The summed E-state index contributed by atoms with van der Waals surface area (Å²) in [5.41, 5.74) is 4.96. The number of primary amides is 1. The van der Waals surface area contributed by atoms with E-state index in [9.17, 15) is 19.2 Å². The number of hydrogen-bond acceptors (Lipinski definition) is 5. The second-order valence-electron chi connectivity index (χ2n) is 9.43. The molecule has 1 saturated carbocycles. The lowest BCUT2D eigenvalue weighted by atomic mass is 9.75. The first-order valence-corrected chi connectivity index (χ1v) is 11.7. The van der Waals surface area contributed by atoms with E-state index in [1.54, 1.807) is 31.3 Å². The lowest BCUT2D eigenvalue weighted by Crippen LogP contribution is -2.58. The smallest absolute Gasteiger partial charge is 0.405 e. The fraction of sp³-hybridized carbons (Fsp3) is 0.583. The molecule has 0 radical (unpaired) electrons. The van der Waals surface area contributed by atoms with Crippen LogP contribution in [-0.2, 0) is 19.1 Å². The van der Waals surface area contributed by atoms with Crippen molar-refractivity contribution in [3.05, 3.63) is 30.3 Å². The van der Waals surface area contributed by atoms with Gasteiger partial charge in [-0.1, -0.05) is 31.0 Å². The van der Waals surface area contributed by atoms with E-state index in [-0.39, 0.29) is 5.91 Å². The minimum atomic E-state index is -1.29. The van der Waals surface area contributed by atoms with Gasteiger partial charge in [0, 0.05) is 32.2 Å². The first kappa shape index (κ1) is 23.1. The Balaban J connectivity index is 1.53. The van der Waals surface area contributed by atoms with E-state index in [4.69, 9.17) is 10.5 Å². The highest BCUT2D eigenvalue weighted by atomic mass is 16.6. The molecule has 9 heteroatoms. The van der Waals surface area contributed by atoms with Gasteiger partial charge in [0.25, 0.3) is 5.91 Å². The number of nitrogens with one attached hydrogen (secondary N) is 1. The first-order chi connectivity index (χ1) is 15.8. The van der Waals surface area contributed by atoms with E-state index in [1.807, 2.05) is 11.0 Å². The van der Waals surface area contributed by atoms with Crippen LogP contribution in [0.3, 0.4) is 0 Å². The zero-order valence-electron chi connectivity index (χ0n) is 19.0. The topological polar surface area (TPSA) is 122 Å². The molecule has 178 valence electrons. The Bertz CT molecular complexity index is 907. The highest BCUT2D eigenvalue weighted by Crippen LogP contribution is 2.45. The molecule has 3 fully saturated rings. The molecule has 2 atom stereocenters. The number of ether oxygens (including phenoxy) is 1. The standard InChI is InChI=1S/C24H32N4O5/c1-27-22(31)20(33-23(25)32)19(21(30)26-17-9-3-2-4-10-17)24(27)11-13-28(14-12-24)18(29)15-16-7-5-6-8-16/h2-4,9-10,16,19-20H,5-8,11-15H2,1H3,(H2,25,32)(H,26,30)/t19-,20+/m0/s1. The van der Waals surface area contributed by atoms with Gasteiger partial charge in [0.15, 0.2) is 6.10 Å². The average molecular weight is 457 g/mol. The molecule has 3 aliphatic rings. The fourth-order valence-corrected chi connectivity index (χ4v) is 5.79. The molecule has 1 aromatic carbocycles. The van der Waals surface area contributed by atoms with Crippen molar-refractivity contribution in [2.45, 2.75) is 56.6 Å². The van der Waals surface area contributed by atoms with Crippen molar-refractivity contribution in [1.29, 1.82) is 0 Å². The summed E-state index contributed by atoms with van der Waals surface area (Å²) in [7, 11) is 1.63. The van der Waals surface area contributed by atoms with Gasteiger partial charge >= 0.3 is 6.09 Å². The molecule has 4 amide bonds. The zero-order chi connectivity index (χ0) is 23.6. The van der Waals surface area contributed by atoms with Gasteiger partial charge in [0.1, 0.15) is 5.92 Å². The normalized spacial score (nSPS) is 24.8. The van der Waals surface area contributed by atoms with Crippen molar-refractivity contribution in [3.8, 4) is 0 Å². The quantitative estimate of drug-likeness (QED) is 0.703. The predicted octanol–water partition coefficient (Wildman–Crippen LogP) is 2.12. The molecule has 1 aromatic rings. The molecule has 2 aliphatic heterocycles. The summed E-state index contributed by atoms with van der Waals surface area (Å²) in [5.74, 6) is -1.20. The van der Waals surface area contributed by atoms with E-state index in [1.165, 1.54) is 17.7 Å². The summed E-state index contributed by atoms with van der Waals surface area (Å²) in [6, 6.07) is 8.92. The number of piperidine rings is 1. The Kier molecular flexibility index (Phi) is 6.58. The van der Waals surface area contributed by atoms with Gasteiger partial charge in [-0.2, -0.15) is 0 Å². The maximum absolute atomic E-state index is 13.4. The van der Waals surface area contributed by atoms with E-state index in [2.05, 4.69) is 5.32 Å². The summed E-state index contributed by atoms with van der Waals surface area (Å²) in [5, 5.41) is 2.85. The van der Waals surface area contributed by atoms with Gasteiger partial charge in [-0.05, 0) is 43.7 Å². The number of amides is 4. The van der Waals surface area contributed by atoms with Crippen LogP contribution in [-0.4, -0.2) is 65.4 Å². The molecule has 0 aromatic heterocycles. The number of likely N-dealkylation sites (tertiary alicyclic amines) is 2. The molecule has 2 heterocycles. The van der Waals surface area contributed by atoms with Crippen molar-refractivity contribution in [2.24, 2.45) is 17.6 Å². The Morgan fingerprint density at radius 1 is 1.12 bits per heavy atom.